The maximum atomic E-state index is 13.9. The number of quaternary nitrogens is 1. The smallest absolute Gasteiger partial charge is 0.344 e. The molecule has 0 spiro atoms. The van der Waals surface area contributed by atoms with Crippen LogP contribution in [0.25, 0.3) is 10.9 Å². The average molecular weight is 605 g/mol. The lowest BCUT2D eigenvalue weighted by atomic mass is 9.79. The molecule has 9 nitrogen and oxygen atoms in total. The van der Waals surface area contributed by atoms with Gasteiger partial charge in [0.2, 0.25) is 5.60 Å². The third-order valence-electron chi connectivity index (χ3n) is 8.73. The van der Waals surface area contributed by atoms with Crippen molar-refractivity contribution in [1.82, 2.24) is 9.88 Å². The minimum Gasteiger partial charge on any atom is -1.00 e. The van der Waals surface area contributed by atoms with Crippen LogP contribution in [0.15, 0.2) is 35.9 Å². The van der Waals surface area contributed by atoms with E-state index in [-0.39, 0.29) is 41.3 Å². The number of rotatable bonds is 6. The molecular formula is C29H38BrN3O6. The molecule has 0 aliphatic carbocycles. The summed E-state index contributed by atoms with van der Waals surface area (Å²) in [5.41, 5.74) is 2.57. The number of aromatic nitrogens is 1. The number of para-hydroxylation sites is 1. The van der Waals surface area contributed by atoms with Crippen molar-refractivity contribution in [1.29, 1.82) is 0 Å². The van der Waals surface area contributed by atoms with Gasteiger partial charge in [-0.1, -0.05) is 31.2 Å². The summed E-state index contributed by atoms with van der Waals surface area (Å²) in [7, 11) is 4.33. The lowest BCUT2D eigenvalue weighted by Crippen LogP contribution is -3.00. The molecule has 3 aliphatic heterocycles. The molecule has 4 atom stereocenters. The van der Waals surface area contributed by atoms with Crippen LogP contribution in [-0.2, 0) is 40.7 Å². The minimum atomic E-state index is -1.29. The maximum Gasteiger partial charge on any atom is 0.344 e. The van der Waals surface area contributed by atoms with E-state index in [9.17, 15) is 14.4 Å². The monoisotopic (exact) mass is 603 g/mol. The van der Waals surface area contributed by atoms with Gasteiger partial charge in [-0.15, -0.1) is 0 Å². The largest absolute Gasteiger partial charge is 1.00 e. The zero-order valence-corrected chi connectivity index (χ0v) is 24.7. The van der Waals surface area contributed by atoms with Crippen molar-refractivity contribution >= 4 is 28.7 Å². The Balaban J connectivity index is 0.00000353. The van der Waals surface area contributed by atoms with Crippen molar-refractivity contribution in [3.8, 4) is 0 Å². The molecule has 1 amide bonds. The average Bonchev–Trinajstić information content (AvgIpc) is 3.56. The van der Waals surface area contributed by atoms with E-state index in [4.69, 9.17) is 14.2 Å². The van der Waals surface area contributed by atoms with Gasteiger partial charge in [-0.2, -0.15) is 0 Å². The van der Waals surface area contributed by atoms with Crippen LogP contribution in [-0.4, -0.2) is 85.8 Å². The molecule has 1 N–H and O–H groups in total. The van der Waals surface area contributed by atoms with Crippen molar-refractivity contribution in [2.75, 3.05) is 47.5 Å². The number of likely N-dealkylation sites (tertiary alicyclic amines) is 1. The fourth-order valence-corrected chi connectivity index (χ4v) is 7.04. The molecule has 3 aliphatic rings. The number of aromatic amines is 1. The van der Waals surface area contributed by atoms with Gasteiger partial charge in [0, 0.05) is 42.5 Å². The zero-order chi connectivity index (χ0) is 27.1. The van der Waals surface area contributed by atoms with Gasteiger partial charge in [-0.25, -0.2) is 9.59 Å². The first-order valence-corrected chi connectivity index (χ1v) is 13.5. The molecule has 2 aromatic rings. The summed E-state index contributed by atoms with van der Waals surface area (Å²) in [4.78, 5) is 44.9. The van der Waals surface area contributed by atoms with Crippen LogP contribution < -0.4 is 17.0 Å². The Morgan fingerprint density at radius 1 is 1.13 bits per heavy atom. The SMILES string of the molecule is CCC1=C[C@H]2C[C@@](OC)(C(=O)OC)c3[nH]c4ccccc4c3C[N+](CC(=O)N3CCC[C@H]3C(=O)OC)(C1)C2.[Br-]. The van der Waals surface area contributed by atoms with Crippen molar-refractivity contribution in [2.45, 2.75) is 50.8 Å². The van der Waals surface area contributed by atoms with Crippen LogP contribution in [0.2, 0.25) is 0 Å². The summed E-state index contributed by atoms with van der Waals surface area (Å²) in [6.45, 7) is 4.95. The van der Waals surface area contributed by atoms with E-state index in [2.05, 4.69) is 18.0 Å². The zero-order valence-electron chi connectivity index (χ0n) is 23.1. The van der Waals surface area contributed by atoms with E-state index < -0.39 is 17.6 Å². The molecular weight excluding hydrogens is 566 g/mol. The number of hydrogen-bond acceptors (Lipinski definition) is 6. The van der Waals surface area contributed by atoms with Crippen LogP contribution in [0.4, 0.5) is 0 Å². The normalized spacial score (nSPS) is 28.0. The highest BCUT2D eigenvalue weighted by Gasteiger charge is 2.53. The molecule has 10 heteroatoms. The number of benzene rings is 1. The van der Waals surface area contributed by atoms with Crippen molar-refractivity contribution in [3.63, 3.8) is 0 Å². The lowest BCUT2D eigenvalue weighted by Gasteiger charge is -2.47. The third kappa shape index (κ3) is 5.02. The number of H-pyrrole nitrogens is 1. The molecule has 1 unspecified atom stereocenters. The van der Waals surface area contributed by atoms with E-state index in [0.717, 1.165) is 35.9 Å². The van der Waals surface area contributed by atoms with Gasteiger partial charge < -0.3 is 45.6 Å². The molecule has 0 saturated carbocycles. The second-order valence-electron chi connectivity index (χ2n) is 11.0. The van der Waals surface area contributed by atoms with Crippen molar-refractivity contribution < 1.29 is 50.1 Å². The fraction of sp³-hybridized carbons (Fsp3) is 0.552. The number of halogens is 1. The van der Waals surface area contributed by atoms with E-state index in [1.54, 1.807) is 12.0 Å². The van der Waals surface area contributed by atoms with E-state index >= 15 is 0 Å². The number of fused-ring (bicyclic) bond motifs is 5. The molecule has 2 bridgehead atoms. The van der Waals surface area contributed by atoms with Gasteiger partial charge in [0.1, 0.15) is 19.1 Å². The Hall–Kier alpha value is -2.69. The molecule has 39 heavy (non-hydrogen) atoms. The van der Waals surface area contributed by atoms with Crippen LogP contribution in [0, 0.1) is 5.92 Å². The van der Waals surface area contributed by atoms with Gasteiger partial charge in [-0.3, -0.25) is 4.79 Å². The fourth-order valence-electron chi connectivity index (χ4n) is 7.04. The Bertz CT molecular complexity index is 1290. The van der Waals surface area contributed by atoms with Crippen LogP contribution in [0.1, 0.15) is 43.9 Å². The number of carbonyl (C=O) groups is 3. The summed E-state index contributed by atoms with van der Waals surface area (Å²) < 4.78 is 16.9. The summed E-state index contributed by atoms with van der Waals surface area (Å²) in [6.07, 6.45) is 4.94. The number of nitrogens with one attached hydrogen (secondary N) is 1. The number of ether oxygens (including phenoxy) is 3. The third-order valence-corrected chi connectivity index (χ3v) is 8.73. The first kappa shape index (κ1) is 29.3. The minimum absolute atomic E-state index is 0. The molecule has 1 aromatic heterocycles. The number of nitrogens with zero attached hydrogens (tertiary/aromatic N) is 2. The van der Waals surface area contributed by atoms with E-state index in [1.165, 1.54) is 19.8 Å². The molecule has 1 saturated heterocycles. The highest BCUT2D eigenvalue weighted by Crippen LogP contribution is 2.45. The van der Waals surface area contributed by atoms with Gasteiger partial charge in [0.25, 0.3) is 5.91 Å². The topological polar surface area (TPSA) is 97.9 Å². The number of carbonyl (C=O) groups excluding carboxylic acids is 3. The molecule has 1 aromatic carbocycles. The Morgan fingerprint density at radius 2 is 1.90 bits per heavy atom. The quantitative estimate of drug-likeness (QED) is 0.284. The number of amides is 1. The summed E-state index contributed by atoms with van der Waals surface area (Å²) in [6, 6.07) is 7.47. The highest BCUT2D eigenvalue weighted by molar-refractivity contribution is 5.90. The Kier molecular flexibility index (Phi) is 8.58. The van der Waals surface area contributed by atoms with E-state index in [1.807, 2.05) is 24.3 Å². The molecule has 212 valence electrons. The van der Waals surface area contributed by atoms with Gasteiger partial charge >= 0.3 is 11.9 Å². The van der Waals surface area contributed by atoms with Gasteiger partial charge in [0.05, 0.1) is 26.5 Å². The van der Waals surface area contributed by atoms with Gasteiger partial charge in [0.15, 0.2) is 6.54 Å². The second kappa shape index (κ2) is 11.4. The molecule has 5 rings (SSSR count). The van der Waals surface area contributed by atoms with Crippen molar-refractivity contribution in [2.24, 2.45) is 5.92 Å². The molecule has 0 radical (unpaired) electrons. The summed E-state index contributed by atoms with van der Waals surface area (Å²) >= 11 is 0. The van der Waals surface area contributed by atoms with Crippen LogP contribution in [0.5, 0.6) is 0 Å². The predicted octanol–water partition coefficient (Wildman–Crippen LogP) is 0.0373. The summed E-state index contributed by atoms with van der Waals surface area (Å²) in [5, 5.41) is 1.01. The van der Waals surface area contributed by atoms with Crippen LogP contribution in [0.3, 0.4) is 0 Å². The second-order valence-corrected chi connectivity index (χ2v) is 11.0. The predicted molar refractivity (Wildman–Crippen MR) is 141 cm³/mol. The first-order chi connectivity index (χ1) is 18.3. The van der Waals surface area contributed by atoms with Crippen LogP contribution >= 0.6 is 0 Å². The first-order valence-electron chi connectivity index (χ1n) is 13.5. The Labute approximate surface area is 239 Å². The van der Waals surface area contributed by atoms with E-state index in [0.29, 0.717) is 42.7 Å². The standard InChI is InChI=1S/C29H38N3O6.BrH/c1-5-19-13-20-14-29(38-4,28(35)37-3)26-22(21-9-6-7-10-23(21)30-26)17-32(15-19,16-20)18-25(33)31-12-8-11-24(31)27(34)36-2;/h6-7,9-10,13,20,24,30H,5,8,11-12,14-18H2,1-4H3;1H/q+1;/p-1/t20-,24-,29-,32?;/m0./s1. The Morgan fingerprint density at radius 3 is 2.59 bits per heavy atom. The molecule has 4 heterocycles. The highest BCUT2D eigenvalue weighted by atomic mass is 79.9. The number of esters is 2. The maximum absolute atomic E-state index is 13.9. The number of hydrogen-bond donors (Lipinski definition) is 1. The number of methoxy groups -OCH3 is 3. The molecule has 1 fully saturated rings. The van der Waals surface area contributed by atoms with Gasteiger partial charge in [-0.05, 0) is 30.9 Å². The van der Waals surface area contributed by atoms with Crippen molar-refractivity contribution in [3.05, 3.63) is 47.2 Å². The summed E-state index contributed by atoms with van der Waals surface area (Å²) in [5.74, 6) is -0.808. The lowest BCUT2D eigenvalue weighted by molar-refractivity contribution is -0.934.